The Morgan fingerprint density at radius 2 is 2.27 bits per heavy atom. The SMILES string of the molecule is CC[C@@H]1CCC[C@@H]([C@H](C)O)O1. The first-order valence-electron chi connectivity index (χ1n) is 4.57. The Morgan fingerprint density at radius 3 is 2.82 bits per heavy atom. The van der Waals surface area contributed by atoms with Crippen molar-refractivity contribution in [3.63, 3.8) is 0 Å². The summed E-state index contributed by atoms with van der Waals surface area (Å²) in [6.45, 7) is 3.94. The normalized spacial score (nSPS) is 35.2. The Balaban J connectivity index is 2.33. The zero-order valence-electron chi connectivity index (χ0n) is 7.42. The van der Waals surface area contributed by atoms with Crippen LogP contribution in [0.5, 0.6) is 0 Å². The summed E-state index contributed by atoms with van der Waals surface area (Å²) in [5, 5.41) is 9.27. The Labute approximate surface area is 68.6 Å². The van der Waals surface area contributed by atoms with E-state index in [-0.39, 0.29) is 12.2 Å². The molecule has 1 saturated heterocycles. The van der Waals surface area contributed by atoms with E-state index in [4.69, 9.17) is 4.74 Å². The molecule has 0 radical (unpaired) electrons. The topological polar surface area (TPSA) is 29.5 Å². The molecule has 1 fully saturated rings. The van der Waals surface area contributed by atoms with Crippen LogP contribution < -0.4 is 0 Å². The van der Waals surface area contributed by atoms with Gasteiger partial charge in [0.05, 0.1) is 18.3 Å². The van der Waals surface area contributed by atoms with Crippen molar-refractivity contribution in [2.75, 3.05) is 0 Å². The van der Waals surface area contributed by atoms with Crippen LogP contribution in [0.3, 0.4) is 0 Å². The standard InChI is InChI=1S/C9H18O2/c1-3-8-5-4-6-9(11-8)7(2)10/h7-10H,3-6H2,1-2H3/t7-,8+,9-/m0/s1. The van der Waals surface area contributed by atoms with Crippen LogP contribution in [0.1, 0.15) is 39.5 Å². The quantitative estimate of drug-likeness (QED) is 0.663. The zero-order valence-corrected chi connectivity index (χ0v) is 7.42. The molecule has 0 unspecified atom stereocenters. The van der Waals surface area contributed by atoms with Gasteiger partial charge in [-0.1, -0.05) is 6.92 Å². The average Bonchev–Trinajstić information content (AvgIpc) is 2.05. The van der Waals surface area contributed by atoms with Gasteiger partial charge in [-0.05, 0) is 32.6 Å². The highest BCUT2D eigenvalue weighted by Gasteiger charge is 2.24. The third kappa shape index (κ3) is 2.46. The zero-order chi connectivity index (χ0) is 8.27. The van der Waals surface area contributed by atoms with Gasteiger partial charge in [-0.25, -0.2) is 0 Å². The van der Waals surface area contributed by atoms with Gasteiger partial charge >= 0.3 is 0 Å². The maximum atomic E-state index is 9.27. The van der Waals surface area contributed by atoms with Crippen LogP contribution in [0.4, 0.5) is 0 Å². The van der Waals surface area contributed by atoms with Gasteiger partial charge in [0.15, 0.2) is 0 Å². The lowest BCUT2D eigenvalue weighted by molar-refractivity contribution is -0.100. The van der Waals surface area contributed by atoms with Gasteiger partial charge in [0.25, 0.3) is 0 Å². The van der Waals surface area contributed by atoms with Crippen LogP contribution in [0.2, 0.25) is 0 Å². The van der Waals surface area contributed by atoms with Crippen molar-refractivity contribution < 1.29 is 9.84 Å². The molecule has 0 amide bonds. The minimum Gasteiger partial charge on any atom is -0.391 e. The molecule has 1 aliphatic rings. The summed E-state index contributed by atoms with van der Waals surface area (Å²) in [6.07, 6.45) is 4.65. The maximum Gasteiger partial charge on any atom is 0.0834 e. The second-order valence-electron chi connectivity index (χ2n) is 3.38. The molecule has 0 aromatic carbocycles. The summed E-state index contributed by atoms with van der Waals surface area (Å²) in [4.78, 5) is 0. The summed E-state index contributed by atoms with van der Waals surface area (Å²) in [6, 6.07) is 0. The highest BCUT2D eigenvalue weighted by molar-refractivity contribution is 4.73. The molecule has 11 heavy (non-hydrogen) atoms. The number of hydrogen-bond acceptors (Lipinski definition) is 2. The fourth-order valence-electron chi connectivity index (χ4n) is 1.59. The second-order valence-corrected chi connectivity index (χ2v) is 3.38. The number of rotatable bonds is 2. The van der Waals surface area contributed by atoms with Crippen LogP contribution >= 0.6 is 0 Å². The molecule has 0 bridgehead atoms. The molecular formula is C9H18O2. The summed E-state index contributed by atoms with van der Waals surface area (Å²) >= 11 is 0. The lowest BCUT2D eigenvalue weighted by Gasteiger charge is -2.31. The highest BCUT2D eigenvalue weighted by atomic mass is 16.5. The lowest BCUT2D eigenvalue weighted by Crippen LogP contribution is -2.34. The molecule has 2 nitrogen and oxygen atoms in total. The summed E-state index contributed by atoms with van der Waals surface area (Å²) in [7, 11) is 0. The molecular weight excluding hydrogens is 140 g/mol. The van der Waals surface area contributed by atoms with Crippen LogP contribution in [-0.2, 0) is 4.74 Å². The molecule has 0 saturated carbocycles. The highest BCUT2D eigenvalue weighted by Crippen LogP contribution is 2.22. The van der Waals surface area contributed by atoms with Gasteiger partial charge in [-0.15, -0.1) is 0 Å². The third-order valence-corrected chi connectivity index (χ3v) is 2.38. The number of aliphatic hydroxyl groups excluding tert-OH is 1. The molecule has 0 spiro atoms. The maximum absolute atomic E-state index is 9.27. The van der Waals surface area contributed by atoms with Crippen molar-refractivity contribution in [2.24, 2.45) is 0 Å². The molecule has 66 valence electrons. The van der Waals surface area contributed by atoms with E-state index in [9.17, 15) is 5.11 Å². The molecule has 3 atom stereocenters. The smallest absolute Gasteiger partial charge is 0.0834 e. The number of aliphatic hydroxyl groups is 1. The van der Waals surface area contributed by atoms with Crippen LogP contribution in [-0.4, -0.2) is 23.4 Å². The molecule has 0 aromatic heterocycles. The molecule has 1 rings (SSSR count). The van der Waals surface area contributed by atoms with Crippen molar-refractivity contribution in [2.45, 2.75) is 57.8 Å². The van der Waals surface area contributed by atoms with Crippen LogP contribution in [0, 0.1) is 0 Å². The van der Waals surface area contributed by atoms with Crippen molar-refractivity contribution in [3.05, 3.63) is 0 Å². The fraction of sp³-hybridized carbons (Fsp3) is 1.00. The first kappa shape index (κ1) is 9.01. The van der Waals surface area contributed by atoms with Gasteiger partial charge in [0.1, 0.15) is 0 Å². The Kier molecular flexibility index (Phi) is 3.34. The van der Waals surface area contributed by atoms with E-state index in [0.29, 0.717) is 6.10 Å². The second kappa shape index (κ2) is 4.07. The van der Waals surface area contributed by atoms with E-state index in [0.717, 1.165) is 12.8 Å². The van der Waals surface area contributed by atoms with E-state index < -0.39 is 0 Å². The predicted octanol–water partition coefficient (Wildman–Crippen LogP) is 1.71. The van der Waals surface area contributed by atoms with Gasteiger partial charge in [-0.2, -0.15) is 0 Å². The van der Waals surface area contributed by atoms with E-state index in [1.54, 1.807) is 0 Å². The predicted molar refractivity (Wildman–Crippen MR) is 44.5 cm³/mol. The third-order valence-electron chi connectivity index (χ3n) is 2.38. The first-order valence-corrected chi connectivity index (χ1v) is 4.57. The van der Waals surface area contributed by atoms with E-state index in [2.05, 4.69) is 6.92 Å². The van der Waals surface area contributed by atoms with Gasteiger partial charge in [-0.3, -0.25) is 0 Å². The Morgan fingerprint density at radius 1 is 1.55 bits per heavy atom. The minimum absolute atomic E-state index is 0.0914. The van der Waals surface area contributed by atoms with Gasteiger partial charge in [0, 0.05) is 0 Å². The van der Waals surface area contributed by atoms with Crippen molar-refractivity contribution in [1.29, 1.82) is 0 Å². The van der Waals surface area contributed by atoms with Crippen LogP contribution in [0.25, 0.3) is 0 Å². The first-order chi connectivity index (χ1) is 5.24. The van der Waals surface area contributed by atoms with Crippen LogP contribution in [0.15, 0.2) is 0 Å². The molecule has 0 aromatic rings. The molecule has 0 aliphatic carbocycles. The molecule has 1 heterocycles. The lowest BCUT2D eigenvalue weighted by atomic mass is 10.00. The fourth-order valence-corrected chi connectivity index (χ4v) is 1.59. The summed E-state index contributed by atoms with van der Waals surface area (Å²) < 4.78 is 5.65. The minimum atomic E-state index is -0.302. The Bertz CT molecular complexity index is 112. The average molecular weight is 158 g/mol. The van der Waals surface area contributed by atoms with E-state index in [1.165, 1.54) is 12.8 Å². The van der Waals surface area contributed by atoms with Gasteiger partial charge < -0.3 is 9.84 Å². The van der Waals surface area contributed by atoms with Gasteiger partial charge in [0.2, 0.25) is 0 Å². The monoisotopic (exact) mass is 158 g/mol. The van der Waals surface area contributed by atoms with Crippen molar-refractivity contribution in [1.82, 2.24) is 0 Å². The van der Waals surface area contributed by atoms with Crippen molar-refractivity contribution >= 4 is 0 Å². The number of ether oxygens (including phenoxy) is 1. The summed E-state index contributed by atoms with van der Waals surface area (Å²) in [5.41, 5.74) is 0. The molecule has 2 heteroatoms. The largest absolute Gasteiger partial charge is 0.391 e. The van der Waals surface area contributed by atoms with Crippen molar-refractivity contribution in [3.8, 4) is 0 Å². The Hall–Kier alpha value is -0.0800. The summed E-state index contributed by atoms with van der Waals surface area (Å²) in [5.74, 6) is 0. The van der Waals surface area contributed by atoms with E-state index >= 15 is 0 Å². The van der Waals surface area contributed by atoms with E-state index in [1.807, 2.05) is 6.92 Å². The molecule has 1 N–H and O–H groups in total. The molecule has 1 aliphatic heterocycles. The number of hydrogen-bond donors (Lipinski definition) is 1.